The Bertz CT molecular complexity index is 353. The summed E-state index contributed by atoms with van der Waals surface area (Å²) in [7, 11) is 3.27. The van der Waals surface area contributed by atoms with E-state index in [1.165, 1.54) is 5.56 Å². The molecule has 0 heterocycles. The molecule has 2 N–H and O–H groups in total. The molecule has 3 nitrogen and oxygen atoms in total. The van der Waals surface area contributed by atoms with Crippen LogP contribution in [-0.4, -0.2) is 20.8 Å². The Morgan fingerprint density at radius 2 is 1.87 bits per heavy atom. The van der Waals surface area contributed by atoms with Crippen LogP contribution in [0.3, 0.4) is 0 Å². The van der Waals surface area contributed by atoms with Crippen molar-refractivity contribution in [3.05, 3.63) is 21.7 Å². The van der Waals surface area contributed by atoms with Crippen LogP contribution in [0.1, 0.15) is 11.1 Å². The van der Waals surface area contributed by atoms with Crippen molar-refractivity contribution >= 4 is 15.9 Å². The van der Waals surface area contributed by atoms with Crippen molar-refractivity contribution in [1.29, 1.82) is 0 Å². The van der Waals surface area contributed by atoms with Gasteiger partial charge in [0.1, 0.15) is 0 Å². The summed E-state index contributed by atoms with van der Waals surface area (Å²) in [5.74, 6) is 1.51. The van der Waals surface area contributed by atoms with Crippen LogP contribution >= 0.6 is 15.9 Å². The van der Waals surface area contributed by atoms with Crippen LogP contribution in [0.15, 0.2) is 10.5 Å². The van der Waals surface area contributed by atoms with Gasteiger partial charge in [-0.2, -0.15) is 0 Å². The van der Waals surface area contributed by atoms with Gasteiger partial charge in [0.15, 0.2) is 11.5 Å². The van der Waals surface area contributed by atoms with Crippen LogP contribution in [0.25, 0.3) is 0 Å². The van der Waals surface area contributed by atoms with E-state index >= 15 is 0 Å². The summed E-state index contributed by atoms with van der Waals surface area (Å²) in [5.41, 5.74) is 7.82. The highest BCUT2D eigenvalue weighted by atomic mass is 79.9. The topological polar surface area (TPSA) is 44.5 Å². The van der Waals surface area contributed by atoms with E-state index in [4.69, 9.17) is 15.2 Å². The molecular weight excluding hydrogens is 258 g/mol. The van der Waals surface area contributed by atoms with E-state index in [9.17, 15) is 0 Å². The third-order valence-corrected chi connectivity index (χ3v) is 2.96. The van der Waals surface area contributed by atoms with Gasteiger partial charge in [-0.05, 0) is 53.0 Å². The van der Waals surface area contributed by atoms with Crippen molar-refractivity contribution < 1.29 is 9.47 Å². The maximum Gasteiger partial charge on any atom is 0.175 e. The van der Waals surface area contributed by atoms with Gasteiger partial charge in [-0.1, -0.05) is 0 Å². The van der Waals surface area contributed by atoms with Crippen molar-refractivity contribution in [2.75, 3.05) is 20.8 Å². The van der Waals surface area contributed by atoms with Crippen LogP contribution in [-0.2, 0) is 6.42 Å². The zero-order chi connectivity index (χ0) is 11.4. The van der Waals surface area contributed by atoms with Gasteiger partial charge in [-0.15, -0.1) is 0 Å². The minimum atomic E-state index is 0.628. The van der Waals surface area contributed by atoms with Gasteiger partial charge in [-0.3, -0.25) is 0 Å². The third-order valence-electron chi connectivity index (χ3n) is 2.37. The maximum atomic E-state index is 5.55. The molecule has 15 heavy (non-hydrogen) atoms. The van der Waals surface area contributed by atoms with E-state index in [0.29, 0.717) is 6.54 Å². The second-order valence-corrected chi connectivity index (χ2v) is 4.10. The van der Waals surface area contributed by atoms with Gasteiger partial charge >= 0.3 is 0 Å². The smallest absolute Gasteiger partial charge is 0.175 e. The quantitative estimate of drug-likeness (QED) is 0.916. The Morgan fingerprint density at radius 1 is 1.27 bits per heavy atom. The summed E-state index contributed by atoms with van der Waals surface area (Å²) in [5, 5.41) is 0. The second kappa shape index (κ2) is 5.37. The van der Waals surface area contributed by atoms with Crippen molar-refractivity contribution in [3.8, 4) is 11.5 Å². The van der Waals surface area contributed by atoms with Gasteiger partial charge in [0, 0.05) is 0 Å². The molecule has 0 amide bonds. The molecule has 0 aliphatic heterocycles. The zero-order valence-corrected chi connectivity index (χ0v) is 10.8. The fraction of sp³-hybridized carbons (Fsp3) is 0.455. The molecule has 1 aromatic carbocycles. The Kier molecular flexibility index (Phi) is 4.42. The first-order valence-electron chi connectivity index (χ1n) is 4.75. The number of ether oxygens (including phenoxy) is 2. The molecule has 0 radical (unpaired) electrons. The van der Waals surface area contributed by atoms with Crippen molar-refractivity contribution in [2.24, 2.45) is 5.73 Å². The van der Waals surface area contributed by atoms with Gasteiger partial charge in [0.25, 0.3) is 0 Å². The zero-order valence-electron chi connectivity index (χ0n) is 9.26. The van der Waals surface area contributed by atoms with E-state index < -0.39 is 0 Å². The van der Waals surface area contributed by atoms with Crippen LogP contribution in [0.5, 0.6) is 11.5 Å². The average molecular weight is 274 g/mol. The molecule has 0 unspecified atom stereocenters. The molecule has 0 spiro atoms. The van der Waals surface area contributed by atoms with E-state index in [0.717, 1.165) is 28.0 Å². The van der Waals surface area contributed by atoms with Crippen molar-refractivity contribution in [1.82, 2.24) is 0 Å². The van der Waals surface area contributed by atoms with Gasteiger partial charge in [0.05, 0.1) is 18.7 Å². The molecule has 0 fully saturated rings. The van der Waals surface area contributed by atoms with E-state index in [1.54, 1.807) is 14.2 Å². The SMILES string of the molecule is COc1c(Br)cc(CCN)c(C)c1OC. The first kappa shape index (κ1) is 12.3. The molecule has 1 rings (SSSR count). The molecule has 0 aliphatic carbocycles. The normalized spacial score (nSPS) is 10.2. The summed E-state index contributed by atoms with van der Waals surface area (Å²) in [6.07, 6.45) is 0.838. The first-order chi connectivity index (χ1) is 7.15. The lowest BCUT2D eigenvalue weighted by molar-refractivity contribution is 0.350. The molecule has 0 bridgehead atoms. The molecule has 0 saturated carbocycles. The summed E-state index contributed by atoms with van der Waals surface area (Å²) >= 11 is 3.46. The average Bonchev–Trinajstić information content (AvgIpc) is 2.22. The van der Waals surface area contributed by atoms with Crippen LogP contribution < -0.4 is 15.2 Å². The summed E-state index contributed by atoms with van der Waals surface area (Å²) < 4.78 is 11.5. The first-order valence-corrected chi connectivity index (χ1v) is 5.55. The fourth-order valence-corrected chi connectivity index (χ4v) is 2.22. The number of halogens is 1. The Hall–Kier alpha value is -0.740. The summed E-state index contributed by atoms with van der Waals surface area (Å²) in [4.78, 5) is 0. The lowest BCUT2D eigenvalue weighted by Gasteiger charge is -2.15. The molecular formula is C11H16BrNO2. The minimum absolute atomic E-state index is 0.628. The summed E-state index contributed by atoms with van der Waals surface area (Å²) in [6.45, 7) is 2.64. The minimum Gasteiger partial charge on any atom is -0.493 e. The summed E-state index contributed by atoms with van der Waals surface area (Å²) in [6, 6.07) is 2.03. The van der Waals surface area contributed by atoms with Crippen molar-refractivity contribution in [2.45, 2.75) is 13.3 Å². The lowest BCUT2D eigenvalue weighted by atomic mass is 10.0. The molecule has 4 heteroatoms. The molecule has 1 aromatic rings. The number of rotatable bonds is 4. The number of nitrogens with two attached hydrogens (primary N) is 1. The Balaban J connectivity index is 3.30. The highest BCUT2D eigenvalue weighted by Crippen LogP contribution is 2.39. The van der Waals surface area contributed by atoms with Gasteiger partial charge in [0.2, 0.25) is 0 Å². The van der Waals surface area contributed by atoms with Crippen molar-refractivity contribution in [3.63, 3.8) is 0 Å². The predicted molar refractivity (Wildman–Crippen MR) is 64.7 cm³/mol. The van der Waals surface area contributed by atoms with Crippen LogP contribution in [0.4, 0.5) is 0 Å². The Labute approximate surface area is 98.7 Å². The molecule has 0 atom stereocenters. The molecule has 0 aromatic heterocycles. The molecule has 84 valence electrons. The van der Waals surface area contributed by atoms with E-state index in [1.807, 2.05) is 13.0 Å². The fourth-order valence-electron chi connectivity index (χ4n) is 1.60. The standard InChI is InChI=1S/C11H16BrNO2/c1-7-8(4-5-13)6-9(12)11(15-3)10(7)14-2/h6H,4-5,13H2,1-3H3. The number of hydrogen-bond acceptors (Lipinski definition) is 3. The van der Waals surface area contributed by atoms with Crippen LogP contribution in [0, 0.1) is 6.92 Å². The number of methoxy groups -OCH3 is 2. The highest BCUT2D eigenvalue weighted by molar-refractivity contribution is 9.10. The van der Waals surface area contributed by atoms with Crippen LogP contribution in [0.2, 0.25) is 0 Å². The lowest BCUT2D eigenvalue weighted by Crippen LogP contribution is -2.06. The molecule has 0 aliphatic rings. The monoisotopic (exact) mass is 273 g/mol. The largest absolute Gasteiger partial charge is 0.493 e. The van der Waals surface area contributed by atoms with Gasteiger partial charge in [-0.25, -0.2) is 0 Å². The Morgan fingerprint density at radius 3 is 2.33 bits per heavy atom. The number of hydrogen-bond donors (Lipinski definition) is 1. The number of benzene rings is 1. The maximum absolute atomic E-state index is 5.55. The predicted octanol–water partition coefficient (Wildman–Crippen LogP) is 2.28. The van der Waals surface area contributed by atoms with Gasteiger partial charge < -0.3 is 15.2 Å². The third kappa shape index (κ3) is 2.44. The highest BCUT2D eigenvalue weighted by Gasteiger charge is 2.14. The van der Waals surface area contributed by atoms with E-state index in [2.05, 4.69) is 15.9 Å². The second-order valence-electron chi connectivity index (χ2n) is 3.25. The molecule has 0 saturated heterocycles. The van der Waals surface area contributed by atoms with E-state index in [-0.39, 0.29) is 0 Å².